The molecule has 192 valence electrons. The molecule has 8 nitrogen and oxygen atoms in total. The molecule has 2 aliphatic heterocycles. The zero-order valence-electron chi connectivity index (χ0n) is 21.1. The smallest absolute Gasteiger partial charge is 0.300 e. The van der Waals surface area contributed by atoms with Crippen LogP contribution in [0.4, 0.5) is 11.4 Å². The molecule has 2 aromatic carbocycles. The Bertz CT molecular complexity index is 1300. The van der Waals surface area contributed by atoms with Crippen LogP contribution >= 0.6 is 0 Å². The molecule has 3 aromatic rings. The zero-order valence-corrected chi connectivity index (χ0v) is 21.1. The van der Waals surface area contributed by atoms with Gasteiger partial charge < -0.3 is 23.9 Å². The third-order valence-electron chi connectivity index (χ3n) is 7.20. The van der Waals surface area contributed by atoms with E-state index >= 15 is 0 Å². The summed E-state index contributed by atoms with van der Waals surface area (Å²) in [6, 6.07) is 15.0. The van der Waals surface area contributed by atoms with Gasteiger partial charge in [0.1, 0.15) is 34.6 Å². The molecule has 0 radical (unpaired) electrons. The fourth-order valence-electron chi connectivity index (χ4n) is 5.12. The van der Waals surface area contributed by atoms with Crippen molar-refractivity contribution in [1.29, 1.82) is 0 Å². The highest BCUT2D eigenvalue weighted by molar-refractivity contribution is 6.51. The molecule has 1 unspecified atom stereocenters. The van der Waals surface area contributed by atoms with Crippen molar-refractivity contribution in [3.05, 3.63) is 77.8 Å². The molecular weight excluding hydrogens is 472 g/mol. The molecule has 37 heavy (non-hydrogen) atoms. The number of methoxy groups -OCH3 is 2. The van der Waals surface area contributed by atoms with Crippen molar-refractivity contribution in [1.82, 2.24) is 0 Å². The number of piperidine rings is 1. The first-order valence-corrected chi connectivity index (χ1v) is 12.3. The van der Waals surface area contributed by atoms with Crippen LogP contribution in [0.15, 0.2) is 70.9 Å². The average Bonchev–Trinajstić information content (AvgIpc) is 3.55. The molecule has 5 rings (SSSR count). The Hall–Kier alpha value is -4.20. The number of anilines is 2. The SMILES string of the molecule is COc1cccc(OC)c1/C(O)=C1\C(=O)C(=O)N(c2ccc(N3CCC(C)CC3)cc2)C1c1ccco1. The van der Waals surface area contributed by atoms with E-state index in [4.69, 9.17) is 13.9 Å². The summed E-state index contributed by atoms with van der Waals surface area (Å²) in [6.45, 7) is 4.24. The molecule has 1 amide bonds. The lowest BCUT2D eigenvalue weighted by Gasteiger charge is -2.32. The van der Waals surface area contributed by atoms with Gasteiger partial charge in [-0.15, -0.1) is 0 Å². The number of furan rings is 1. The van der Waals surface area contributed by atoms with Crippen LogP contribution in [0.2, 0.25) is 0 Å². The van der Waals surface area contributed by atoms with E-state index in [0.29, 0.717) is 22.9 Å². The Morgan fingerprint density at radius 2 is 1.54 bits per heavy atom. The fourth-order valence-corrected chi connectivity index (χ4v) is 5.12. The Kier molecular flexibility index (Phi) is 6.65. The first kappa shape index (κ1) is 24.5. The number of carbonyl (C=O) groups is 2. The van der Waals surface area contributed by atoms with Crippen LogP contribution in [0.3, 0.4) is 0 Å². The van der Waals surface area contributed by atoms with E-state index < -0.39 is 23.5 Å². The minimum atomic E-state index is -0.966. The van der Waals surface area contributed by atoms with Crippen LogP contribution in [0.5, 0.6) is 11.5 Å². The summed E-state index contributed by atoms with van der Waals surface area (Å²) in [5, 5.41) is 11.5. The number of hydrogen-bond acceptors (Lipinski definition) is 7. The number of carbonyl (C=O) groups excluding carboxylic acids is 2. The third-order valence-corrected chi connectivity index (χ3v) is 7.20. The summed E-state index contributed by atoms with van der Waals surface area (Å²) >= 11 is 0. The van der Waals surface area contributed by atoms with Gasteiger partial charge in [0.25, 0.3) is 11.7 Å². The van der Waals surface area contributed by atoms with Crippen LogP contribution in [0.25, 0.3) is 5.76 Å². The highest BCUT2D eigenvalue weighted by Gasteiger charge is 2.48. The topological polar surface area (TPSA) is 92.4 Å². The number of rotatable bonds is 6. The Morgan fingerprint density at radius 3 is 2.11 bits per heavy atom. The Balaban J connectivity index is 1.60. The minimum absolute atomic E-state index is 0.100. The number of aliphatic hydroxyl groups excluding tert-OH is 1. The standard InChI is InChI=1S/C29H30N2O6/c1-18-13-15-30(16-14-18)19-9-11-20(12-10-19)31-26(23-8-5-17-37-23)25(28(33)29(31)34)27(32)24-21(35-2)6-4-7-22(24)36-3/h4-12,17-18,26,32H,13-16H2,1-3H3/b27-25+. The van der Waals surface area contributed by atoms with Crippen LogP contribution < -0.4 is 19.3 Å². The molecule has 2 fully saturated rings. The molecule has 0 aliphatic carbocycles. The van der Waals surface area contributed by atoms with E-state index in [2.05, 4.69) is 11.8 Å². The van der Waals surface area contributed by atoms with Gasteiger partial charge >= 0.3 is 0 Å². The van der Waals surface area contributed by atoms with Gasteiger partial charge in [0.2, 0.25) is 0 Å². The lowest BCUT2D eigenvalue weighted by Crippen LogP contribution is -2.33. The molecule has 3 heterocycles. The molecule has 2 aliphatic rings. The van der Waals surface area contributed by atoms with Crippen molar-refractivity contribution in [3.63, 3.8) is 0 Å². The van der Waals surface area contributed by atoms with Gasteiger partial charge in [-0.25, -0.2) is 0 Å². The van der Waals surface area contributed by atoms with E-state index in [1.807, 2.05) is 24.3 Å². The monoisotopic (exact) mass is 502 g/mol. The Labute approximate surface area is 215 Å². The minimum Gasteiger partial charge on any atom is -0.506 e. The predicted octanol–water partition coefficient (Wildman–Crippen LogP) is 5.16. The molecule has 0 saturated carbocycles. The molecule has 2 saturated heterocycles. The predicted molar refractivity (Wildman–Crippen MR) is 140 cm³/mol. The molecule has 8 heteroatoms. The Morgan fingerprint density at radius 1 is 0.919 bits per heavy atom. The fraction of sp³-hybridized carbons (Fsp3) is 0.310. The highest BCUT2D eigenvalue weighted by Crippen LogP contribution is 2.45. The summed E-state index contributed by atoms with van der Waals surface area (Å²) in [6.07, 6.45) is 3.75. The van der Waals surface area contributed by atoms with Crippen LogP contribution in [-0.2, 0) is 9.59 Å². The van der Waals surface area contributed by atoms with Gasteiger partial charge in [0, 0.05) is 24.5 Å². The molecule has 1 atom stereocenters. The first-order valence-electron chi connectivity index (χ1n) is 12.3. The van der Waals surface area contributed by atoms with Crippen molar-refractivity contribution in [2.75, 3.05) is 37.1 Å². The lowest BCUT2D eigenvalue weighted by atomic mass is 9.98. The molecule has 1 aromatic heterocycles. The number of aliphatic hydroxyl groups is 1. The summed E-state index contributed by atoms with van der Waals surface area (Å²) in [7, 11) is 2.91. The first-order chi connectivity index (χ1) is 17.9. The van der Waals surface area contributed by atoms with Crippen molar-refractivity contribution >= 4 is 28.8 Å². The van der Waals surface area contributed by atoms with E-state index in [-0.39, 0.29) is 11.1 Å². The number of nitrogens with zero attached hydrogens (tertiary/aromatic N) is 2. The van der Waals surface area contributed by atoms with Gasteiger partial charge in [-0.3, -0.25) is 14.5 Å². The summed E-state index contributed by atoms with van der Waals surface area (Å²) in [5.74, 6) is -0.280. The maximum Gasteiger partial charge on any atom is 0.300 e. The third kappa shape index (κ3) is 4.33. The largest absolute Gasteiger partial charge is 0.506 e. The second-order valence-electron chi connectivity index (χ2n) is 9.41. The number of ether oxygens (including phenoxy) is 2. The van der Waals surface area contributed by atoms with Crippen LogP contribution in [-0.4, -0.2) is 44.1 Å². The van der Waals surface area contributed by atoms with Crippen molar-refractivity contribution < 1.29 is 28.6 Å². The number of hydrogen-bond donors (Lipinski definition) is 1. The molecule has 1 N–H and O–H groups in total. The number of amides is 1. The van der Waals surface area contributed by atoms with Crippen molar-refractivity contribution in [2.24, 2.45) is 5.92 Å². The quantitative estimate of drug-likeness (QED) is 0.283. The number of benzene rings is 2. The second kappa shape index (κ2) is 10.0. The summed E-state index contributed by atoms with van der Waals surface area (Å²) < 4.78 is 16.5. The van der Waals surface area contributed by atoms with Crippen LogP contribution in [0, 0.1) is 5.92 Å². The van der Waals surface area contributed by atoms with Crippen LogP contribution in [0.1, 0.15) is 37.1 Å². The highest BCUT2D eigenvalue weighted by atomic mass is 16.5. The van der Waals surface area contributed by atoms with Crippen molar-refractivity contribution in [2.45, 2.75) is 25.8 Å². The summed E-state index contributed by atoms with van der Waals surface area (Å²) in [5.41, 5.74) is 1.69. The second-order valence-corrected chi connectivity index (χ2v) is 9.41. The van der Waals surface area contributed by atoms with Gasteiger partial charge in [0.15, 0.2) is 0 Å². The van der Waals surface area contributed by atoms with Gasteiger partial charge in [0.05, 0.1) is 26.1 Å². The number of Topliss-reactive ketones (excluding diaryl/α,β-unsaturated/α-hetero) is 1. The van der Waals surface area contributed by atoms with Crippen molar-refractivity contribution in [3.8, 4) is 11.5 Å². The average molecular weight is 503 g/mol. The summed E-state index contributed by atoms with van der Waals surface area (Å²) in [4.78, 5) is 30.5. The van der Waals surface area contributed by atoms with E-state index in [1.165, 1.54) is 25.4 Å². The molecule has 0 bridgehead atoms. The van der Waals surface area contributed by atoms with Gasteiger partial charge in [-0.05, 0) is 67.3 Å². The van der Waals surface area contributed by atoms with E-state index in [0.717, 1.165) is 37.5 Å². The number of ketones is 1. The maximum absolute atomic E-state index is 13.4. The normalized spacial score (nSPS) is 19.9. The van der Waals surface area contributed by atoms with E-state index in [9.17, 15) is 14.7 Å². The zero-order chi connectivity index (χ0) is 26.1. The molecular formula is C29H30N2O6. The van der Waals surface area contributed by atoms with Gasteiger partial charge in [-0.1, -0.05) is 13.0 Å². The van der Waals surface area contributed by atoms with E-state index in [1.54, 1.807) is 30.3 Å². The van der Waals surface area contributed by atoms with Gasteiger partial charge in [-0.2, -0.15) is 0 Å². The maximum atomic E-state index is 13.4. The lowest BCUT2D eigenvalue weighted by molar-refractivity contribution is -0.132. The molecule has 0 spiro atoms.